The fraction of sp³-hybridized carbons (Fsp3) is 0.391. The van der Waals surface area contributed by atoms with Crippen LogP contribution >= 0.6 is 11.8 Å². The summed E-state index contributed by atoms with van der Waals surface area (Å²) < 4.78 is 39.9. The standard InChI is InChI=1S/C23H23F2NO8S/c1-11(27)21(30)10-35-20(22(31,12(2)28)23(21,32)13(3)29)34-17-9-14(8-16(24)18(17)25)15-6-5-7-26-19(15)33-4/h5-9,20,30-32H,10H2,1-4H3/t20-,21-,22-,23-/m0/s1. The van der Waals surface area contributed by atoms with E-state index in [4.69, 9.17) is 9.47 Å². The quantitative estimate of drug-likeness (QED) is 0.500. The highest BCUT2D eigenvalue weighted by molar-refractivity contribution is 8.00. The number of pyridine rings is 1. The molecule has 1 aliphatic heterocycles. The molecule has 2 heterocycles. The highest BCUT2D eigenvalue weighted by atomic mass is 32.2. The zero-order valence-electron chi connectivity index (χ0n) is 19.2. The minimum Gasteiger partial charge on any atom is -0.481 e. The van der Waals surface area contributed by atoms with Crippen LogP contribution in [0.3, 0.4) is 0 Å². The maximum atomic E-state index is 14.8. The number of nitrogens with zero attached hydrogens (tertiary/aromatic N) is 1. The molecule has 9 nitrogen and oxygen atoms in total. The van der Waals surface area contributed by atoms with Crippen LogP contribution in [0.2, 0.25) is 0 Å². The Labute approximate surface area is 203 Å². The van der Waals surface area contributed by atoms with Crippen LogP contribution < -0.4 is 9.47 Å². The van der Waals surface area contributed by atoms with Crippen molar-refractivity contribution in [3.05, 3.63) is 42.1 Å². The summed E-state index contributed by atoms with van der Waals surface area (Å²) in [4.78, 5) is 41.3. The number of Topliss-reactive ketones (excluding diaryl/α,β-unsaturated/α-hetero) is 3. The molecular weight excluding hydrogens is 488 g/mol. The summed E-state index contributed by atoms with van der Waals surface area (Å²) in [6.07, 6.45) is 1.42. The predicted molar refractivity (Wildman–Crippen MR) is 120 cm³/mol. The Balaban J connectivity index is 2.16. The van der Waals surface area contributed by atoms with Crippen molar-refractivity contribution in [3.63, 3.8) is 0 Å². The number of hydrogen-bond acceptors (Lipinski definition) is 10. The lowest BCUT2D eigenvalue weighted by Crippen LogP contribution is -2.82. The number of aromatic nitrogens is 1. The van der Waals surface area contributed by atoms with Gasteiger partial charge in [0.25, 0.3) is 0 Å². The number of carbonyl (C=O) groups excluding carboxylic acids is 3. The lowest BCUT2D eigenvalue weighted by Gasteiger charge is -2.54. The third-order valence-corrected chi connectivity index (χ3v) is 7.39. The number of ether oxygens (including phenoxy) is 2. The van der Waals surface area contributed by atoms with Gasteiger partial charge in [0, 0.05) is 17.5 Å². The van der Waals surface area contributed by atoms with Gasteiger partial charge in [-0.15, -0.1) is 11.8 Å². The topological polar surface area (TPSA) is 143 Å². The van der Waals surface area contributed by atoms with E-state index >= 15 is 0 Å². The highest BCUT2D eigenvalue weighted by Gasteiger charge is 2.75. The van der Waals surface area contributed by atoms with Gasteiger partial charge >= 0.3 is 0 Å². The minimum atomic E-state index is -3.34. The van der Waals surface area contributed by atoms with Crippen LogP contribution in [0.25, 0.3) is 11.1 Å². The first kappa shape index (κ1) is 26.7. The third-order valence-electron chi connectivity index (χ3n) is 6.07. The third kappa shape index (κ3) is 3.90. The SMILES string of the molecule is COc1ncccc1-c1cc(F)c(F)c(O[C@H]2SC[C@](O)(C(C)=O)[C@@](O)(C(C)=O)[C@]2(O)C(C)=O)c1. The van der Waals surface area contributed by atoms with Gasteiger partial charge in [0.05, 0.1) is 7.11 Å². The van der Waals surface area contributed by atoms with Gasteiger partial charge in [0.2, 0.25) is 17.3 Å². The molecule has 1 aliphatic rings. The van der Waals surface area contributed by atoms with Crippen molar-refractivity contribution in [2.45, 2.75) is 43.0 Å². The van der Waals surface area contributed by atoms with Crippen LogP contribution in [0.4, 0.5) is 8.78 Å². The second-order valence-corrected chi connectivity index (χ2v) is 9.15. The van der Waals surface area contributed by atoms with E-state index in [0.717, 1.165) is 32.9 Å². The second kappa shape index (κ2) is 9.26. The van der Waals surface area contributed by atoms with Gasteiger partial charge in [0.15, 0.2) is 45.6 Å². The van der Waals surface area contributed by atoms with E-state index < -0.39 is 62.7 Å². The van der Waals surface area contributed by atoms with E-state index in [1.54, 1.807) is 0 Å². The minimum absolute atomic E-state index is 0.0677. The molecule has 0 unspecified atom stereocenters. The Morgan fingerprint density at radius 2 is 1.74 bits per heavy atom. The van der Waals surface area contributed by atoms with Crippen LogP contribution in [-0.2, 0) is 14.4 Å². The van der Waals surface area contributed by atoms with Crippen molar-refractivity contribution in [2.75, 3.05) is 12.9 Å². The van der Waals surface area contributed by atoms with E-state index in [0.29, 0.717) is 11.8 Å². The van der Waals surface area contributed by atoms with Gasteiger partial charge in [-0.05, 0) is 50.6 Å². The number of rotatable bonds is 7. The molecule has 188 valence electrons. The number of halogens is 2. The molecule has 4 atom stereocenters. The molecule has 12 heteroatoms. The lowest BCUT2D eigenvalue weighted by molar-refractivity contribution is -0.236. The Morgan fingerprint density at radius 3 is 2.29 bits per heavy atom. The molecule has 3 N–H and O–H groups in total. The predicted octanol–water partition coefficient (Wildman–Crippen LogP) is 1.45. The molecule has 1 saturated heterocycles. The van der Waals surface area contributed by atoms with Crippen LogP contribution in [0, 0.1) is 11.6 Å². The van der Waals surface area contributed by atoms with Gasteiger partial charge in [0.1, 0.15) is 0 Å². The number of aliphatic hydroxyl groups is 3. The van der Waals surface area contributed by atoms with E-state index in [1.807, 2.05) is 0 Å². The number of hydrogen-bond donors (Lipinski definition) is 3. The summed E-state index contributed by atoms with van der Waals surface area (Å²) in [6, 6.07) is 4.96. The molecule has 0 aliphatic carbocycles. The summed E-state index contributed by atoms with van der Waals surface area (Å²) in [5.74, 6) is -7.86. The maximum absolute atomic E-state index is 14.8. The Morgan fingerprint density at radius 1 is 1.09 bits per heavy atom. The average Bonchev–Trinajstić information content (AvgIpc) is 2.81. The summed E-state index contributed by atoms with van der Waals surface area (Å²) in [6.45, 7) is 2.44. The zero-order valence-corrected chi connectivity index (χ0v) is 20.0. The van der Waals surface area contributed by atoms with Crippen molar-refractivity contribution in [1.82, 2.24) is 4.98 Å². The van der Waals surface area contributed by atoms with Crippen LogP contribution in [-0.4, -0.2) is 72.8 Å². The number of carbonyl (C=O) groups is 3. The van der Waals surface area contributed by atoms with E-state index in [9.17, 15) is 38.5 Å². The normalized spacial score (nSPS) is 28.3. The summed E-state index contributed by atoms with van der Waals surface area (Å²) in [5, 5.41) is 33.5. The second-order valence-electron chi connectivity index (χ2n) is 8.10. The zero-order chi connectivity index (χ0) is 26.3. The van der Waals surface area contributed by atoms with Gasteiger partial charge in [-0.3, -0.25) is 14.4 Å². The average molecular weight is 511 g/mol. The van der Waals surface area contributed by atoms with Gasteiger partial charge in [-0.1, -0.05) is 0 Å². The number of ketones is 3. The Hall–Kier alpha value is -2.93. The molecule has 1 aromatic heterocycles. The molecule has 35 heavy (non-hydrogen) atoms. The number of methoxy groups -OCH3 is 1. The fourth-order valence-electron chi connectivity index (χ4n) is 4.06. The largest absolute Gasteiger partial charge is 0.481 e. The number of benzene rings is 1. The first-order valence-electron chi connectivity index (χ1n) is 10.2. The Bertz CT molecular complexity index is 1210. The molecule has 0 saturated carbocycles. The van der Waals surface area contributed by atoms with Gasteiger partial charge in [-0.25, -0.2) is 9.37 Å². The fourth-order valence-corrected chi connectivity index (χ4v) is 5.61. The van der Waals surface area contributed by atoms with Crippen LogP contribution in [0.5, 0.6) is 11.6 Å². The van der Waals surface area contributed by atoms with Crippen molar-refractivity contribution >= 4 is 29.1 Å². The van der Waals surface area contributed by atoms with Crippen LogP contribution in [0.15, 0.2) is 30.5 Å². The molecule has 1 fully saturated rings. The van der Waals surface area contributed by atoms with E-state index in [1.165, 1.54) is 25.4 Å². The molecule has 2 aromatic rings. The van der Waals surface area contributed by atoms with E-state index in [-0.39, 0.29) is 17.0 Å². The Kier molecular flexibility index (Phi) is 7.06. The first-order chi connectivity index (χ1) is 16.2. The lowest BCUT2D eigenvalue weighted by atomic mass is 9.65. The van der Waals surface area contributed by atoms with Crippen molar-refractivity contribution in [2.24, 2.45) is 0 Å². The monoisotopic (exact) mass is 511 g/mol. The maximum Gasteiger partial charge on any atom is 0.221 e. The molecule has 0 spiro atoms. The smallest absolute Gasteiger partial charge is 0.221 e. The van der Waals surface area contributed by atoms with Crippen molar-refractivity contribution in [1.29, 1.82) is 0 Å². The summed E-state index contributed by atoms with van der Waals surface area (Å²) in [5.41, 5.74) is -11.0. The summed E-state index contributed by atoms with van der Waals surface area (Å²) in [7, 11) is 1.33. The van der Waals surface area contributed by atoms with Crippen LogP contribution in [0.1, 0.15) is 20.8 Å². The first-order valence-corrected chi connectivity index (χ1v) is 11.3. The highest BCUT2D eigenvalue weighted by Crippen LogP contribution is 2.49. The van der Waals surface area contributed by atoms with Crippen molar-refractivity contribution < 1.29 is 48.0 Å². The molecular formula is C23H23F2NO8S. The molecule has 0 amide bonds. The molecule has 3 rings (SSSR count). The summed E-state index contributed by atoms with van der Waals surface area (Å²) >= 11 is 0.470. The van der Waals surface area contributed by atoms with Gasteiger partial charge < -0.3 is 24.8 Å². The molecule has 0 radical (unpaired) electrons. The molecule has 1 aromatic carbocycles. The van der Waals surface area contributed by atoms with Crippen molar-refractivity contribution in [3.8, 4) is 22.8 Å². The number of thioether (sulfide) groups is 1. The molecule has 0 bridgehead atoms. The van der Waals surface area contributed by atoms with Gasteiger partial charge in [-0.2, -0.15) is 4.39 Å². The van der Waals surface area contributed by atoms with E-state index in [2.05, 4.69) is 4.98 Å².